The fourth-order valence-corrected chi connectivity index (χ4v) is 0.465. The van der Waals surface area contributed by atoms with E-state index >= 15 is 0 Å². The molecule has 0 aromatic carbocycles. The smallest absolute Gasteiger partial charge is 0.167 e. The van der Waals surface area contributed by atoms with E-state index in [1.165, 1.54) is 4.80 Å². The molecule has 8 heavy (non-hydrogen) atoms. The van der Waals surface area contributed by atoms with E-state index in [-0.39, 0.29) is 0 Å². The average molecular weight is 112 g/mol. The molecule has 0 atom stereocenters. The standard InChI is InChI=1S/C4H8N4/c1-3-4-5-7-8(2)6-4/h3H2,1-2H3. The van der Waals surface area contributed by atoms with Crippen LogP contribution in [0.4, 0.5) is 0 Å². The Labute approximate surface area is 47.5 Å². The first-order valence-electron chi connectivity index (χ1n) is 2.56. The van der Waals surface area contributed by atoms with Gasteiger partial charge in [-0.2, -0.15) is 4.80 Å². The van der Waals surface area contributed by atoms with Crippen LogP contribution in [0.5, 0.6) is 0 Å². The molecule has 0 saturated heterocycles. The second-order valence-electron chi connectivity index (χ2n) is 1.55. The number of rotatable bonds is 1. The molecular weight excluding hydrogens is 104 g/mol. The molecule has 1 heterocycles. The van der Waals surface area contributed by atoms with E-state index in [1.807, 2.05) is 6.92 Å². The second-order valence-corrected chi connectivity index (χ2v) is 1.55. The molecule has 4 nitrogen and oxygen atoms in total. The van der Waals surface area contributed by atoms with Crippen LogP contribution in [-0.4, -0.2) is 20.2 Å². The van der Waals surface area contributed by atoms with E-state index < -0.39 is 0 Å². The molecule has 1 aromatic rings. The third-order valence-corrected chi connectivity index (χ3v) is 0.866. The lowest BCUT2D eigenvalue weighted by molar-refractivity contribution is 0.628. The van der Waals surface area contributed by atoms with Crippen molar-refractivity contribution in [2.24, 2.45) is 7.05 Å². The van der Waals surface area contributed by atoms with Crippen molar-refractivity contribution in [3.8, 4) is 0 Å². The van der Waals surface area contributed by atoms with Crippen LogP contribution in [0.15, 0.2) is 0 Å². The molecule has 0 N–H and O–H groups in total. The largest absolute Gasteiger partial charge is 0.174 e. The van der Waals surface area contributed by atoms with Gasteiger partial charge >= 0.3 is 0 Å². The zero-order valence-corrected chi connectivity index (χ0v) is 5.00. The van der Waals surface area contributed by atoms with Gasteiger partial charge < -0.3 is 0 Å². The zero-order chi connectivity index (χ0) is 5.98. The number of hydrogen-bond donors (Lipinski definition) is 0. The summed E-state index contributed by atoms with van der Waals surface area (Å²) in [4.78, 5) is 1.46. The van der Waals surface area contributed by atoms with Gasteiger partial charge in [0, 0.05) is 6.42 Å². The molecule has 0 aliphatic rings. The van der Waals surface area contributed by atoms with E-state index in [4.69, 9.17) is 0 Å². The maximum atomic E-state index is 3.92. The molecule has 44 valence electrons. The van der Waals surface area contributed by atoms with Crippen molar-refractivity contribution in [2.75, 3.05) is 0 Å². The van der Waals surface area contributed by atoms with Crippen LogP contribution in [0.1, 0.15) is 12.7 Å². The van der Waals surface area contributed by atoms with Crippen LogP contribution in [0.25, 0.3) is 0 Å². The van der Waals surface area contributed by atoms with Crippen LogP contribution in [0, 0.1) is 0 Å². The minimum absolute atomic E-state index is 0.799. The lowest BCUT2D eigenvalue weighted by atomic mass is 10.5. The fourth-order valence-electron chi connectivity index (χ4n) is 0.465. The summed E-state index contributed by atoms with van der Waals surface area (Å²) in [6.45, 7) is 2.00. The first-order chi connectivity index (χ1) is 3.83. The van der Waals surface area contributed by atoms with Gasteiger partial charge in [0.1, 0.15) is 0 Å². The van der Waals surface area contributed by atoms with Crippen LogP contribution in [-0.2, 0) is 13.5 Å². The molecule has 1 aromatic heterocycles. The third kappa shape index (κ3) is 0.828. The fraction of sp³-hybridized carbons (Fsp3) is 0.750. The van der Waals surface area contributed by atoms with Crippen LogP contribution in [0.3, 0.4) is 0 Å². The molecule has 0 spiro atoms. The summed E-state index contributed by atoms with van der Waals surface area (Å²) in [6.07, 6.45) is 0.855. The highest BCUT2D eigenvalue weighted by Crippen LogP contribution is 1.82. The Balaban J connectivity index is 2.84. The molecule has 0 radical (unpaired) electrons. The Bertz CT molecular complexity index is 168. The Hall–Kier alpha value is -0.930. The van der Waals surface area contributed by atoms with Gasteiger partial charge in [0.2, 0.25) is 0 Å². The Kier molecular flexibility index (Phi) is 1.24. The summed E-state index contributed by atoms with van der Waals surface area (Å²) >= 11 is 0. The highest BCUT2D eigenvalue weighted by Gasteiger charge is 1.92. The van der Waals surface area contributed by atoms with Crippen molar-refractivity contribution in [1.82, 2.24) is 20.2 Å². The molecule has 0 amide bonds. The van der Waals surface area contributed by atoms with E-state index in [0.29, 0.717) is 0 Å². The van der Waals surface area contributed by atoms with Gasteiger partial charge in [0.15, 0.2) is 5.82 Å². The number of hydrogen-bond acceptors (Lipinski definition) is 3. The predicted octanol–water partition coefficient (Wildman–Crippen LogP) is -0.228. The zero-order valence-electron chi connectivity index (χ0n) is 5.00. The van der Waals surface area contributed by atoms with E-state index in [1.54, 1.807) is 7.05 Å². The van der Waals surface area contributed by atoms with E-state index in [9.17, 15) is 0 Å². The van der Waals surface area contributed by atoms with E-state index in [2.05, 4.69) is 15.4 Å². The van der Waals surface area contributed by atoms with Crippen molar-refractivity contribution in [3.05, 3.63) is 5.82 Å². The van der Waals surface area contributed by atoms with Crippen LogP contribution >= 0.6 is 0 Å². The quantitative estimate of drug-likeness (QED) is 0.504. The van der Waals surface area contributed by atoms with Crippen molar-refractivity contribution < 1.29 is 0 Å². The number of nitrogens with zero attached hydrogens (tertiary/aromatic N) is 4. The summed E-state index contributed by atoms with van der Waals surface area (Å²) in [7, 11) is 1.76. The normalized spacial score (nSPS) is 9.75. The predicted molar refractivity (Wildman–Crippen MR) is 28.2 cm³/mol. The van der Waals surface area contributed by atoms with E-state index in [0.717, 1.165) is 12.2 Å². The van der Waals surface area contributed by atoms with Crippen molar-refractivity contribution >= 4 is 0 Å². The summed E-state index contributed by atoms with van der Waals surface area (Å²) in [5.74, 6) is 0.799. The van der Waals surface area contributed by atoms with Gasteiger partial charge in [-0.15, -0.1) is 10.2 Å². The second kappa shape index (κ2) is 1.90. The summed E-state index contributed by atoms with van der Waals surface area (Å²) in [5, 5.41) is 11.3. The summed E-state index contributed by atoms with van der Waals surface area (Å²) in [5.41, 5.74) is 0. The monoisotopic (exact) mass is 112 g/mol. The molecule has 0 fully saturated rings. The van der Waals surface area contributed by atoms with Crippen LogP contribution in [0.2, 0.25) is 0 Å². The number of aromatic nitrogens is 4. The summed E-state index contributed by atoms with van der Waals surface area (Å²) in [6, 6.07) is 0. The summed E-state index contributed by atoms with van der Waals surface area (Å²) < 4.78 is 0. The van der Waals surface area contributed by atoms with Crippen LogP contribution < -0.4 is 0 Å². The molecule has 0 aliphatic carbocycles. The Morgan fingerprint density at radius 3 is 2.62 bits per heavy atom. The molecule has 0 bridgehead atoms. The average Bonchev–Trinajstić information content (AvgIpc) is 2.14. The Morgan fingerprint density at radius 1 is 1.62 bits per heavy atom. The van der Waals surface area contributed by atoms with Gasteiger partial charge in [-0.05, 0) is 5.21 Å². The van der Waals surface area contributed by atoms with Gasteiger partial charge in [-0.1, -0.05) is 6.92 Å². The highest BCUT2D eigenvalue weighted by atomic mass is 15.6. The molecule has 1 rings (SSSR count). The van der Waals surface area contributed by atoms with Crippen molar-refractivity contribution in [2.45, 2.75) is 13.3 Å². The number of aryl methyl sites for hydroxylation is 2. The molecular formula is C4H8N4. The van der Waals surface area contributed by atoms with Crippen molar-refractivity contribution in [1.29, 1.82) is 0 Å². The van der Waals surface area contributed by atoms with Gasteiger partial charge in [0.25, 0.3) is 0 Å². The minimum atomic E-state index is 0.799. The number of tetrazole rings is 1. The first kappa shape index (κ1) is 5.21. The topological polar surface area (TPSA) is 43.6 Å². The highest BCUT2D eigenvalue weighted by molar-refractivity contribution is 4.72. The lowest BCUT2D eigenvalue weighted by Gasteiger charge is -1.77. The SMILES string of the molecule is CCc1nnn(C)n1. The molecule has 0 saturated carbocycles. The molecule has 0 aliphatic heterocycles. The van der Waals surface area contributed by atoms with Gasteiger partial charge in [0.05, 0.1) is 7.05 Å². The molecule has 0 unspecified atom stereocenters. The first-order valence-corrected chi connectivity index (χ1v) is 2.56. The molecule has 4 heteroatoms. The third-order valence-electron chi connectivity index (χ3n) is 0.866. The maximum Gasteiger partial charge on any atom is 0.174 e. The minimum Gasteiger partial charge on any atom is -0.167 e. The van der Waals surface area contributed by atoms with Gasteiger partial charge in [-0.3, -0.25) is 0 Å². The lowest BCUT2D eigenvalue weighted by Crippen LogP contribution is -1.92. The Morgan fingerprint density at radius 2 is 2.38 bits per heavy atom. The van der Waals surface area contributed by atoms with Gasteiger partial charge in [-0.25, -0.2) is 0 Å². The maximum absolute atomic E-state index is 3.92. The van der Waals surface area contributed by atoms with Crippen molar-refractivity contribution in [3.63, 3.8) is 0 Å².